The number of hydrogen-bond acceptors (Lipinski definition) is 7. The molecule has 0 aliphatic rings. The molecule has 210 valence electrons. The van der Waals surface area contributed by atoms with Crippen molar-refractivity contribution in [3.63, 3.8) is 0 Å². The highest BCUT2D eigenvalue weighted by Gasteiger charge is 2.31. The van der Waals surface area contributed by atoms with Crippen molar-refractivity contribution in [2.24, 2.45) is 11.7 Å². The van der Waals surface area contributed by atoms with Crippen molar-refractivity contribution in [1.29, 1.82) is 0 Å². The molecule has 4 atom stereocenters. The van der Waals surface area contributed by atoms with Gasteiger partial charge in [-0.1, -0.05) is 32.0 Å². The minimum Gasteiger partial charge on any atom is -0.480 e. The molecule has 0 fully saturated rings. The lowest BCUT2D eigenvalue weighted by Gasteiger charge is -2.24. The summed E-state index contributed by atoms with van der Waals surface area (Å²) in [6, 6.07) is 2.68. The topological polar surface area (TPSA) is 215 Å². The van der Waals surface area contributed by atoms with E-state index in [9.17, 15) is 29.4 Å². The first-order chi connectivity index (χ1) is 18.6. The molecule has 13 heteroatoms. The molecule has 0 aliphatic heterocycles. The number of aliphatic carboxylic acids is 1. The molecule has 4 unspecified atom stereocenters. The van der Waals surface area contributed by atoms with Crippen LogP contribution in [0.3, 0.4) is 0 Å². The number of carboxylic acids is 1. The van der Waals surface area contributed by atoms with Crippen molar-refractivity contribution in [1.82, 2.24) is 30.9 Å². The van der Waals surface area contributed by atoms with Crippen LogP contribution in [0.2, 0.25) is 0 Å². The Kier molecular flexibility index (Phi) is 10.2. The maximum atomic E-state index is 13.3. The number of nitrogens with zero attached hydrogens (tertiary/aromatic N) is 1. The summed E-state index contributed by atoms with van der Waals surface area (Å²) in [4.78, 5) is 60.4. The summed E-state index contributed by atoms with van der Waals surface area (Å²) in [5.41, 5.74) is 8.10. The fourth-order valence-electron chi connectivity index (χ4n) is 4.18. The second-order valence-electron chi connectivity index (χ2n) is 9.78. The van der Waals surface area contributed by atoms with Crippen LogP contribution < -0.4 is 21.7 Å². The Bertz CT molecular complexity index is 1270. The van der Waals surface area contributed by atoms with E-state index in [4.69, 9.17) is 5.73 Å². The number of imidazole rings is 1. The molecule has 3 aromatic rings. The van der Waals surface area contributed by atoms with Crippen molar-refractivity contribution in [2.45, 2.75) is 57.3 Å². The zero-order valence-corrected chi connectivity index (χ0v) is 21.8. The van der Waals surface area contributed by atoms with Crippen LogP contribution in [-0.2, 0) is 32.0 Å². The summed E-state index contributed by atoms with van der Waals surface area (Å²) in [5.74, 6) is -3.31. The number of aromatic amines is 2. The van der Waals surface area contributed by atoms with Gasteiger partial charge in [-0.3, -0.25) is 14.4 Å². The second-order valence-corrected chi connectivity index (χ2v) is 9.78. The van der Waals surface area contributed by atoms with E-state index in [1.54, 1.807) is 6.20 Å². The van der Waals surface area contributed by atoms with Crippen LogP contribution in [0.15, 0.2) is 43.0 Å². The van der Waals surface area contributed by atoms with Crippen molar-refractivity contribution in [3.8, 4) is 0 Å². The molecule has 2 aromatic heterocycles. The minimum atomic E-state index is -1.46. The molecule has 0 spiro atoms. The molecule has 2 heterocycles. The van der Waals surface area contributed by atoms with Gasteiger partial charge in [0.15, 0.2) is 0 Å². The van der Waals surface area contributed by atoms with Crippen molar-refractivity contribution < 1.29 is 29.4 Å². The van der Waals surface area contributed by atoms with E-state index in [2.05, 4.69) is 30.9 Å². The number of nitrogens with two attached hydrogens (primary N) is 1. The summed E-state index contributed by atoms with van der Waals surface area (Å²) in [7, 11) is 0. The molecule has 0 aliphatic carbocycles. The van der Waals surface area contributed by atoms with Gasteiger partial charge in [0.25, 0.3) is 0 Å². The molecule has 3 amide bonds. The van der Waals surface area contributed by atoms with Crippen molar-refractivity contribution in [3.05, 3.63) is 54.2 Å². The van der Waals surface area contributed by atoms with E-state index in [-0.39, 0.29) is 18.8 Å². The second kappa shape index (κ2) is 13.5. The van der Waals surface area contributed by atoms with Gasteiger partial charge in [-0.2, -0.15) is 0 Å². The Hall–Kier alpha value is -4.23. The highest BCUT2D eigenvalue weighted by atomic mass is 16.4. The molecule has 13 nitrogen and oxygen atoms in total. The van der Waals surface area contributed by atoms with Gasteiger partial charge in [-0.25, -0.2) is 9.78 Å². The molecule has 0 bridgehead atoms. The van der Waals surface area contributed by atoms with Crippen LogP contribution in [0.1, 0.15) is 31.5 Å². The zero-order valence-electron chi connectivity index (χ0n) is 21.8. The average molecular weight is 542 g/mol. The molecule has 0 saturated carbocycles. The van der Waals surface area contributed by atoms with Gasteiger partial charge in [0.1, 0.15) is 18.1 Å². The van der Waals surface area contributed by atoms with Crippen molar-refractivity contribution in [2.75, 3.05) is 6.61 Å². The molecule has 0 saturated heterocycles. The number of carbonyl (C=O) groups excluding carboxylic acids is 3. The van der Waals surface area contributed by atoms with Gasteiger partial charge in [-0.05, 0) is 24.0 Å². The Labute approximate surface area is 225 Å². The molecular weight excluding hydrogens is 506 g/mol. The fraction of sp³-hybridized carbons (Fsp3) is 0.423. The monoisotopic (exact) mass is 541 g/mol. The molecule has 39 heavy (non-hydrogen) atoms. The summed E-state index contributed by atoms with van der Waals surface area (Å²) in [6.45, 7) is 3.05. The Morgan fingerprint density at radius 3 is 2.26 bits per heavy atom. The first-order valence-electron chi connectivity index (χ1n) is 12.6. The molecule has 1 aromatic carbocycles. The number of carboxylic acid groups (broad SMARTS) is 1. The number of aromatic nitrogens is 3. The number of hydrogen-bond donors (Lipinski definition) is 8. The lowest BCUT2D eigenvalue weighted by Crippen LogP contribution is -2.58. The number of fused-ring (bicyclic) bond motifs is 1. The SMILES string of the molecule is CC(C)CC(N)C(=O)NC(Cc1c[nH]c2ccccc12)C(=O)NC(CO)C(=O)NC(Cc1cnc[nH]1)C(=O)O. The quantitative estimate of drug-likeness (QED) is 0.134. The van der Waals surface area contributed by atoms with E-state index in [0.717, 1.165) is 16.5 Å². The van der Waals surface area contributed by atoms with Crippen molar-refractivity contribution >= 4 is 34.6 Å². The summed E-state index contributed by atoms with van der Waals surface area (Å²) < 4.78 is 0. The first-order valence-corrected chi connectivity index (χ1v) is 12.6. The van der Waals surface area contributed by atoms with Crippen LogP contribution >= 0.6 is 0 Å². The van der Waals surface area contributed by atoms with E-state index >= 15 is 0 Å². The fourth-order valence-corrected chi connectivity index (χ4v) is 4.18. The number of amides is 3. The van der Waals surface area contributed by atoms with Gasteiger partial charge in [0.05, 0.1) is 19.0 Å². The molecule has 9 N–H and O–H groups in total. The Balaban J connectivity index is 1.76. The van der Waals surface area contributed by atoms with Gasteiger partial charge in [-0.15, -0.1) is 0 Å². The molecule has 0 radical (unpaired) electrons. The summed E-state index contributed by atoms with van der Waals surface area (Å²) in [6.07, 6.45) is 4.93. The van der Waals surface area contributed by atoms with Crippen LogP contribution in [0, 0.1) is 5.92 Å². The predicted octanol–water partition coefficient (Wildman–Crippen LogP) is -0.419. The average Bonchev–Trinajstić information content (AvgIpc) is 3.55. The smallest absolute Gasteiger partial charge is 0.326 e. The number of nitrogens with one attached hydrogen (secondary N) is 5. The highest BCUT2D eigenvalue weighted by Crippen LogP contribution is 2.19. The van der Waals surface area contributed by atoms with E-state index < -0.39 is 54.5 Å². The highest BCUT2D eigenvalue weighted by molar-refractivity contribution is 5.95. The normalized spacial score (nSPS) is 14.4. The van der Waals surface area contributed by atoms with E-state index in [1.165, 1.54) is 12.5 Å². The minimum absolute atomic E-state index is 0.0767. The number of aliphatic hydroxyl groups excluding tert-OH is 1. The van der Waals surface area contributed by atoms with Crippen LogP contribution in [0.5, 0.6) is 0 Å². The van der Waals surface area contributed by atoms with Crippen LogP contribution in [0.25, 0.3) is 10.9 Å². The number of carbonyl (C=O) groups is 4. The molecular formula is C26H35N7O6. The number of rotatable bonds is 14. The van der Waals surface area contributed by atoms with Crippen LogP contribution in [0.4, 0.5) is 0 Å². The maximum absolute atomic E-state index is 13.3. The lowest BCUT2D eigenvalue weighted by atomic mass is 10.0. The summed E-state index contributed by atoms with van der Waals surface area (Å²) in [5, 5.41) is 27.7. The first kappa shape index (κ1) is 29.3. The van der Waals surface area contributed by atoms with E-state index in [1.807, 2.05) is 38.1 Å². The Morgan fingerprint density at radius 2 is 1.62 bits per heavy atom. The molecule has 3 rings (SSSR count). The summed E-state index contributed by atoms with van der Waals surface area (Å²) >= 11 is 0. The number of para-hydroxylation sites is 1. The zero-order chi connectivity index (χ0) is 28.5. The van der Waals surface area contributed by atoms with Gasteiger partial charge in [0.2, 0.25) is 17.7 Å². The number of benzene rings is 1. The van der Waals surface area contributed by atoms with Gasteiger partial charge < -0.3 is 41.9 Å². The Morgan fingerprint density at radius 1 is 0.949 bits per heavy atom. The van der Waals surface area contributed by atoms with Gasteiger partial charge >= 0.3 is 5.97 Å². The number of aliphatic hydroxyl groups is 1. The number of H-pyrrole nitrogens is 2. The third-order valence-corrected chi connectivity index (χ3v) is 6.20. The third-order valence-electron chi connectivity index (χ3n) is 6.20. The van der Waals surface area contributed by atoms with E-state index in [0.29, 0.717) is 12.1 Å². The van der Waals surface area contributed by atoms with Gasteiger partial charge in [0, 0.05) is 41.8 Å². The predicted molar refractivity (Wildman–Crippen MR) is 142 cm³/mol. The standard InChI is InChI=1S/C26H35N7O6/c1-14(2)7-18(27)23(35)31-20(8-15-10-29-19-6-4-3-5-17(15)19)24(36)33-22(12-34)25(37)32-21(26(38)39)9-16-11-28-13-30-16/h3-6,10-11,13-14,18,20-22,29,34H,7-9,12,27H2,1-2H3,(H,28,30)(H,31,35)(H,32,37)(H,33,36)(H,38,39). The largest absolute Gasteiger partial charge is 0.480 e. The lowest BCUT2D eigenvalue weighted by molar-refractivity contribution is -0.142. The maximum Gasteiger partial charge on any atom is 0.326 e. The third kappa shape index (κ3) is 8.12. The van der Waals surface area contributed by atoms with Crippen LogP contribution in [-0.4, -0.2) is 79.6 Å².